The topological polar surface area (TPSA) is 51.8 Å². The lowest BCUT2D eigenvalue weighted by atomic mass is 10.2. The second-order valence-corrected chi connectivity index (χ2v) is 4.69. The quantitative estimate of drug-likeness (QED) is 0.833. The Morgan fingerprint density at radius 3 is 2.81 bits per heavy atom. The van der Waals surface area contributed by atoms with Crippen LogP contribution in [0.15, 0.2) is 40.4 Å². The Balaban J connectivity index is 2.34. The van der Waals surface area contributed by atoms with Crippen LogP contribution in [0.4, 0.5) is 5.95 Å². The maximum absolute atomic E-state index is 6.00. The summed E-state index contributed by atoms with van der Waals surface area (Å²) in [6.07, 6.45) is 1.52. The van der Waals surface area contributed by atoms with Crippen LogP contribution in [0.1, 0.15) is 5.56 Å². The summed E-state index contributed by atoms with van der Waals surface area (Å²) in [7, 11) is 0. The highest BCUT2D eigenvalue weighted by Gasteiger charge is 2.07. The summed E-state index contributed by atoms with van der Waals surface area (Å²) in [4.78, 5) is 9.05. The van der Waals surface area contributed by atoms with Gasteiger partial charge in [0, 0.05) is 4.90 Å². The Kier molecular flexibility index (Phi) is 3.31. The molecule has 0 fully saturated rings. The van der Waals surface area contributed by atoms with Crippen LogP contribution < -0.4 is 5.73 Å². The van der Waals surface area contributed by atoms with Crippen LogP contribution in [-0.2, 0) is 0 Å². The minimum absolute atomic E-state index is 0.237. The smallest absolute Gasteiger partial charge is 0.221 e. The molecule has 82 valence electrons. The first-order chi connectivity index (χ1) is 7.66. The van der Waals surface area contributed by atoms with E-state index in [0.29, 0.717) is 10.0 Å². The van der Waals surface area contributed by atoms with Gasteiger partial charge in [-0.15, -0.1) is 0 Å². The van der Waals surface area contributed by atoms with Crippen molar-refractivity contribution < 1.29 is 0 Å². The van der Waals surface area contributed by atoms with Crippen molar-refractivity contribution in [3.8, 4) is 0 Å². The Labute approximate surface area is 103 Å². The van der Waals surface area contributed by atoms with Crippen LogP contribution in [0.2, 0.25) is 5.02 Å². The van der Waals surface area contributed by atoms with Crippen LogP contribution in [0.25, 0.3) is 0 Å². The molecule has 0 bridgehead atoms. The average molecular weight is 252 g/mol. The molecule has 0 amide bonds. The summed E-state index contributed by atoms with van der Waals surface area (Å²) in [6, 6.07) is 8.04. The van der Waals surface area contributed by atoms with Crippen LogP contribution in [0, 0.1) is 6.92 Å². The molecule has 0 aliphatic rings. The van der Waals surface area contributed by atoms with Crippen LogP contribution in [0.3, 0.4) is 0 Å². The number of nitrogens with two attached hydrogens (primary N) is 1. The van der Waals surface area contributed by atoms with Crippen molar-refractivity contribution in [3.63, 3.8) is 0 Å². The van der Waals surface area contributed by atoms with Gasteiger partial charge in [0.1, 0.15) is 5.03 Å². The van der Waals surface area contributed by atoms with Gasteiger partial charge in [0.15, 0.2) is 0 Å². The fourth-order valence-corrected chi connectivity index (χ4v) is 2.29. The molecule has 0 saturated heterocycles. The lowest BCUT2D eigenvalue weighted by molar-refractivity contribution is 1.06. The van der Waals surface area contributed by atoms with E-state index in [4.69, 9.17) is 17.3 Å². The molecule has 1 aromatic carbocycles. The SMILES string of the molecule is Cc1ccccc1Sc1nc(N)ncc1Cl. The number of benzene rings is 1. The molecule has 0 aliphatic carbocycles. The predicted molar refractivity (Wildman–Crippen MR) is 66.8 cm³/mol. The van der Waals surface area contributed by atoms with Crippen molar-refractivity contribution in [1.29, 1.82) is 0 Å². The first-order valence-corrected chi connectivity index (χ1v) is 5.88. The third-order valence-electron chi connectivity index (χ3n) is 2.03. The maximum atomic E-state index is 6.00. The zero-order valence-corrected chi connectivity index (χ0v) is 10.2. The van der Waals surface area contributed by atoms with Gasteiger partial charge in [-0.05, 0) is 18.6 Å². The van der Waals surface area contributed by atoms with Gasteiger partial charge < -0.3 is 5.73 Å². The Bertz CT molecular complexity index is 516. The lowest BCUT2D eigenvalue weighted by Gasteiger charge is -2.05. The Morgan fingerprint density at radius 1 is 1.31 bits per heavy atom. The van der Waals surface area contributed by atoms with Crippen LogP contribution >= 0.6 is 23.4 Å². The summed E-state index contributed by atoms with van der Waals surface area (Å²) in [6.45, 7) is 2.04. The average Bonchev–Trinajstić information content (AvgIpc) is 2.27. The van der Waals surface area contributed by atoms with Gasteiger partial charge in [-0.2, -0.15) is 0 Å². The molecule has 5 heteroatoms. The van der Waals surface area contributed by atoms with E-state index in [1.165, 1.54) is 23.5 Å². The molecule has 0 radical (unpaired) electrons. The van der Waals surface area contributed by atoms with Gasteiger partial charge in [0.05, 0.1) is 11.2 Å². The van der Waals surface area contributed by atoms with E-state index in [9.17, 15) is 0 Å². The number of aryl methyl sites for hydroxylation is 1. The van der Waals surface area contributed by atoms with Crippen LogP contribution in [-0.4, -0.2) is 9.97 Å². The molecule has 0 spiro atoms. The van der Waals surface area contributed by atoms with Gasteiger partial charge in [0.2, 0.25) is 5.95 Å². The molecule has 0 aliphatic heterocycles. The zero-order chi connectivity index (χ0) is 11.5. The molecule has 1 aromatic heterocycles. The molecule has 2 rings (SSSR count). The normalized spacial score (nSPS) is 10.4. The number of nitrogens with zero attached hydrogens (tertiary/aromatic N) is 2. The lowest BCUT2D eigenvalue weighted by Crippen LogP contribution is -1.95. The van der Waals surface area contributed by atoms with Crippen LogP contribution in [0.5, 0.6) is 0 Å². The largest absolute Gasteiger partial charge is 0.368 e. The maximum Gasteiger partial charge on any atom is 0.221 e. The first-order valence-electron chi connectivity index (χ1n) is 4.68. The molecular weight excluding hydrogens is 242 g/mol. The second-order valence-electron chi connectivity index (χ2n) is 3.25. The minimum Gasteiger partial charge on any atom is -0.368 e. The predicted octanol–water partition coefficient (Wildman–Crippen LogP) is 3.17. The number of hydrogen-bond acceptors (Lipinski definition) is 4. The fourth-order valence-electron chi connectivity index (χ4n) is 1.21. The first kappa shape index (κ1) is 11.2. The van der Waals surface area contributed by atoms with E-state index in [1.54, 1.807) is 0 Å². The number of anilines is 1. The van der Waals surface area contributed by atoms with Gasteiger partial charge in [-0.1, -0.05) is 41.6 Å². The van der Waals surface area contributed by atoms with Gasteiger partial charge in [-0.3, -0.25) is 0 Å². The van der Waals surface area contributed by atoms with E-state index >= 15 is 0 Å². The van der Waals surface area contributed by atoms with E-state index < -0.39 is 0 Å². The van der Waals surface area contributed by atoms with Gasteiger partial charge in [-0.25, -0.2) is 9.97 Å². The van der Waals surface area contributed by atoms with E-state index in [1.807, 2.05) is 31.2 Å². The summed E-state index contributed by atoms with van der Waals surface area (Å²) < 4.78 is 0. The van der Waals surface area contributed by atoms with Gasteiger partial charge in [0.25, 0.3) is 0 Å². The zero-order valence-electron chi connectivity index (χ0n) is 8.64. The highest BCUT2D eigenvalue weighted by molar-refractivity contribution is 7.99. The van der Waals surface area contributed by atoms with Gasteiger partial charge >= 0.3 is 0 Å². The summed E-state index contributed by atoms with van der Waals surface area (Å²) in [5, 5.41) is 1.20. The Morgan fingerprint density at radius 2 is 2.06 bits per heavy atom. The van der Waals surface area contributed by atoms with E-state index in [2.05, 4.69) is 9.97 Å². The van der Waals surface area contributed by atoms with Crippen molar-refractivity contribution in [1.82, 2.24) is 9.97 Å². The number of halogens is 1. The third-order valence-corrected chi connectivity index (χ3v) is 3.60. The van der Waals surface area contributed by atoms with Crippen molar-refractivity contribution in [2.24, 2.45) is 0 Å². The van der Waals surface area contributed by atoms with Crippen molar-refractivity contribution >= 4 is 29.3 Å². The Hall–Kier alpha value is -1.26. The molecule has 0 unspecified atom stereocenters. The number of hydrogen-bond donors (Lipinski definition) is 1. The fraction of sp³-hybridized carbons (Fsp3) is 0.0909. The molecule has 1 heterocycles. The number of aromatic nitrogens is 2. The molecule has 16 heavy (non-hydrogen) atoms. The van der Waals surface area contributed by atoms with E-state index in [0.717, 1.165) is 4.90 Å². The minimum atomic E-state index is 0.237. The number of nitrogen functional groups attached to an aromatic ring is 1. The monoisotopic (exact) mass is 251 g/mol. The molecule has 2 aromatic rings. The third kappa shape index (κ3) is 2.46. The molecule has 0 saturated carbocycles. The number of rotatable bonds is 2. The van der Waals surface area contributed by atoms with Crippen molar-refractivity contribution in [3.05, 3.63) is 41.0 Å². The molecule has 3 nitrogen and oxygen atoms in total. The van der Waals surface area contributed by atoms with E-state index in [-0.39, 0.29) is 5.95 Å². The molecular formula is C11H10ClN3S. The summed E-state index contributed by atoms with van der Waals surface area (Å²) in [5.74, 6) is 0.237. The summed E-state index contributed by atoms with van der Waals surface area (Å²) in [5.41, 5.74) is 6.71. The second kappa shape index (κ2) is 4.72. The summed E-state index contributed by atoms with van der Waals surface area (Å²) >= 11 is 7.49. The van der Waals surface area contributed by atoms with Crippen molar-refractivity contribution in [2.75, 3.05) is 5.73 Å². The molecule has 2 N–H and O–H groups in total. The highest BCUT2D eigenvalue weighted by atomic mass is 35.5. The highest BCUT2D eigenvalue weighted by Crippen LogP contribution is 2.33. The molecule has 0 atom stereocenters. The standard InChI is InChI=1S/C11H10ClN3S/c1-7-4-2-3-5-9(7)16-10-8(12)6-14-11(13)15-10/h2-6H,1H3,(H2,13,14,15). The van der Waals surface area contributed by atoms with Crippen molar-refractivity contribution in [2.45, 2.75) is 16.8 Å².